The minimum absolute atomic E-state index is 0.0372. The third kappa shape index (κ3) is 3.08. The van der Waals surface area contributed by atoms with E-state index in [4.69, 9.17) is 11.6 Å². The summed E-state index contributed by atoms with van der Waals surface area (Å²) in [4.78, 5) is 15.6. The van der Waals surface area contributed by atoms with Crippen LogP contribution in [-0.4, -0.2) is 24.0 Å². The number of carbonyl (C=O) groups excluding carboxylic acids is 1. The standard InChI is InChI=1S/C11H12ClN3OS/c1-2-13-10(16)6-14-11-15-8-5-7(12)3-4-9(8)17-11/h3-5H,2,6H2,1H3,(H,13,16)(H,14,15). The molecule has 2 aromatic rings. The first-order valence-electron chi connectivity index (χ1n) is 5.25. The molecule has 90 valence electrons. The number of carbonyl (C=O) groups is 1. The number of hydrogen-bond acceptors (Lipinski definition) is 4. The Morgan fingerprint density at radius 2 is 2.35 bits per heavy atom. The van der Waals surface area contributed by atoms with E-state index in [0.717, 1.165) is 15.3 Å². The Morgan fingerprint density at radius 1 is 1.53 bits per heavy atom. The Hall–Kier alpha value is -1.33. The largest absolute Gasteiger partial charge is 0.355 e. The number of likely N-dealkylation sites (N-methyl/N-ethyl adjacent to an activating group) is 1. The van der Waals surface area contributed by atoms with E-state index < -0.39 is 0 Å². The van der Waals surface area contributed by atoms with Gasteiger partial charge in [0, 0.05) is 11.6 Å². The van der Waals surface area contributed by atoms with Crippen LogP contribution >= 0.6 is 22.9 Å². The predicted octanol–water partition coefficient (Wildman–Crippen LogP) is 2.50. The van der Waals surface area contributed by atoms with Crippen LogP contribution in [-0.2, 0) is 4.79 Å². The molecule has 0 unspecified atom stereocenters. The fourth-order valence-electron chi connectivity index (χ4n) is 1.39. The summed E-state index contributed by atoms with van der Waals surface area (Å²) in [6.45, 7) is 2.76. The van der Waals surface area contributed by atoms with Crippen molar-refractivity contribution in [1.82, 2.24) is 10.3 Å². The molecule has 0 fully saturated rings. The van der Waals surface area contributed by atoms with Gasteiger partial charge in [0.2, 0.25) is 5.91 Å². The summed E-state index contributed by atoms with van der Waals surface area (Å²) < 4.78 is 1.05. The molecule has 17 heavy (non-hydrogen) atoms. The highest BCUT2D eigenvalue weighted by Gasteiger charge is 2.05. The first-order valence-corrected chi connectivity index (χ1v) is 6.45. The van der Waals surface area contributed by atoms with Crippen molar-refractivity contribution in [2.45, 2.75) is 6.92 Å². The van der Waals surface area contributed by atoms with Crippen LogP contribution in [0.5, 0.6) is 0 Å². The molecule has 0 saturated carbocycles. The molecular weight excluding hydrogens is 258 g/mol. The van der Waals surface area contributed by atoms with Gasteiger partial charge in [-0.15, -0.1) is 0 Å². The maximum atomic E-state index is 11.3. The van der Waals surface area contributed by atoms with Crippen LogP contribution in [0.4, 0.5) is 5.13 Å². The number of fused-ring (bicyclic) bond motifs is 1. The Kier molecular flexibility index (Phi) is 3.81. The number of hydrogen-bond donors (Lipinski definition) is 2. The van der Waals surface area contributed by atoms with Gasteiger partial charge < -0.3 is 10.6 Å². The van der Waals surface area contributed by atoms with Crippen molar-refractivity contribution in [2.75, 3.05) is 18.4 Å². The quantitative estimate of drug-likeness (QED) is 0.897. The van der Waals surface area contributed by atoms with E-state index in [1.54, 1.807) is 0 Å². The van der Waals surface area contributed by atoms with Gasteiger partial charge in [-0.25, -0.2) is 4.98 Å². The molecule has 0 aliphatic carbocycles. The molecule has 1 aromatic heterocycles. The van der Waals surface area contributed by atoms with Gasteiger partial charge in [-0.05, 0) is 25.1 Å². The van der Waals surface area contributed by atoms with Crippen LogP contribution in [0.1, 0.15) is 6.92 Å². The Balaban J connectivity index is 2.07. The van der Waals surface area contributed by atoms with E-state index in [-0.39, 0.29) is 12.5 Å². The van der Waals surface area contributed by atoms with E-state index in [2.05, 4.69) is 15.6 Å². The van der Waals surface area contributed by atoms with Gasteiger partial charge in [-0.1, -0.05) is 22.9 Å². The molecule has 0 radical (unpaired) electrons. The fourth-order valence-corrected chi connectivity index (χ4v) is 2.40. The van der Waals surface area contributed by atoms with Crippen LogP contribution in [0.25, 0.3) is 10.2 Å². The molecule has 2 rings (SSSR count). The van der Waals surface area contributed by atoms with Crippen LogP contribution in [0, 0.1) is 0 Å². The average Bonchev–Trinajstić information content (AvgIpc) is 2.68. The van der Waals surface area contributed by atoms with Crippen LogP contribution in [0.2, 0.25) is 5.02 Å². The lowest BCUT2D eigenvalue weighted by Crippen LogP contribution is -2.29. The maximum Gasteiger partial charge on any atom is 0.239 e. The first-order chi connectivity index (χ1) is 8.19. The number of benzene rings is 1. The number of amides is 1. The van der Waals surface area contributed by atoms with Crippen LogP contribution in [0.15, 0.2) is 18.2 Å². The van der Waals surface area contributed by atoms with Gasteiger partial charge in [-0.3, -0.25) is 4.79 Å². The number of thiazole rings is 1. The van der Waals surface area contributed by atoms with Gasteiger partial charge in [0.15, 0.2) is 5.13 Å². The summed E-state index contributed by atoms with van der Waals surface area (Å²) in [5.74, 6) is -0.0372. The topological polar surface area (TPSA) is 54.0 Å². The maximum absolute atomic E-state index is 11.3. The third-order valence-electron chi connectivity index (χ3n) is 2.12. The van der Waals surface area contributed by atoms with Crippen molar-refractivity contribution in [1.29, 1.82) is 0 Å². The van der Waals surface area contributed by atoms with Gasteiger partial charge in [0.05, 0.1) is 16.8 Å². The molecule has 2 N–H and O–H groups in total. The summed E-state index contributed by atoms with van der Waals surface area (Å²) in [5, 5.41) is 7.10. The van der Waals surface area contributed by atoms with Crippen molar-refractivity contribution < 1.29 is 4.79 Å². The van der Waals surface area contributed by atoms with Crippen molar-refractivity contribution in [2.24, 2.45) is 0 Å². The SMILES string of the molecule is CCNC(=O)CNc1nc2cc(Cl)ccc2s1. The number of nitrogens with zero attached hydrogens (tertiary/aromatic N) is 1. The van der Waals surface area contributed by atoms with E-state index in [1.165, 1.54) is 11.3 Å². The second-order valence-corrected chi connectivity index (χ2v) is 4.91. The zero-order valence-corrected chi connectivity index (χ0v) is 10.9. The second kappa shape index (κ2) is 5.33. The first kappa shape index (κ1) is 12.1. The minimum Gasteiger partial charge on any atom is -0.355 e. The van der Waals surface area contributed by atoms with E-state index in [0.29, 0.717) is 11.6 Å². The lowest BCUT2D eigenvalue weighted by molar-refractivity contribution is -0.119. The number of anilines is 1. The molecule has 0 spiro atoms. The summed E-state index contributed by atoms with van der Waals surface area (Å²) in [5.41, 5.74) is 0.848. The summed E-state index contributed by atoms with van der Waals surface area (Å²) >= 11 is 7.38. The monoisotopic (exact) mass is 269 g/mol. The van der Waals surface area contributed by atoms with Crippen LogP contribution in [0.3, 0.4) is 0 Å². The molecule has 0 atom stereocenters. The lowest BCUT2D eigenvalue weighted by Gasteiger charge is -2.01. The molecule has 1 heterocycles. The molecule has 1 amide bonds. The van der Waals surface area contributed by atoms with Gasteiger partial charge in [-0.2, -0.15) is 0 Å². The molecule has 6 heteroatoms. The predicted molar refractivity (Wildman–Crippen MR) is 71.8 cm³/mol. The Morgan fingerprint density at radius 3 is 3.12 bits per heavy atom. The molecule has 0 saturated heterocycles. The summed E-state index contributed by atoms with van der Waals surface area (Å²) in [7, 11) is 0. The van der Waals surface area contributed by atoms with Gasteiger partial charge >= 0.3 is 0 Å². The van der Waals surface area contributed by atoms with Crippen molar-refractivity contribution in [3.63, 3.8) is 0 Å². The number of nitrogens with one attached hydrogen (secondary N) is 2. The fraction of sp³-hybridized carbons (Fsp3) is 0.273. The summed E-state index contributed by atoms with van der Waals surface area (Å²) in [6, 6.07) is 5.56. The van der Waals surface area contributed by atoms with Crippen molar-refractivity contribution in [3.8, 4) is 0 Å². The summed E-state index contributed by atoms with van der Waals surface area (Å²) in [6.07, 6.45) is 0. The number of aromatic nitrogens is 1. The van der Waals surface area contributed by atoms with E-state index >= 15 is 0 Å². The average molecular weight is 270 g/mol. The molecule has 0 aliphatic rings. The van der Waals surface area contributed by atoms with Crippen molar-refractivity contribution in [3.05, 3.63) is 23.2 Å². The van der Waals surface area contributed by atoms with Crippen molar-refractivity contribution >= 4 is 44.2 Å². The second-order valence-electron chi connectivity index (χ2n) is 3.44. The third-order valence-corrected chi connectivity index (χ3v) is 3.35. The zero-order valence-electron chi connectivity index (χ0n) is 9.29. The normalized spacial score (nSPS) is 10.5. The number of rotatable bonds is 4. The van der Waals surface area contributed by atoms with Gasteiger partial charge in [0.1, 0.15) is 0 Å². The molecular formula is C11H12ClN3OS. The minimum atomic E-state index is -0.0372. The van der Waals surface area contributed by atoms with E-state index in [1.807, 2.05) is 25.1 Å². The van der Waals surface area contributed by atoms with E-state index in [9.17, 15) is 4.79 Å². The Bertz CT molecular complexity index is 540. The van der Waals surface area contributed by atoms with Gasteiger partial charge in [0.25, 0.3) is 0 Å². The molecule has 0 bridgehead atoms. The van der Waals surface area contributed by atoms with Crippen LogP contribution < -0.4 is 10.6 Å². The highest BCUT2D eigenvalue weighted by atomic mass is 35.5. The molecule has 1 aromatic carbocycles. The lowest BCUT2D eigenvalue weighted by atomic mass is 10.3. The smallest absolute Gasteiger partial charge is 0.239 e. The Labute approximate surface area is 108 Å². The molecule has 4 nitrogen and oxygen atoms in total. The highest BCUT2D eigenvalue weighted by molar-refractivity contribution is 7.22. The highest BCUT2D eigenvalue weighted by Crippen LogP contribution is 2.27. The zero-order chi connectivity index (χ0) is 12.3. The number of halogens is 1. The molecule has 0 aliphatic heterocycles.